The number of benzene rings is 1. The predicted octanol–water partition coefficient (Wildman–Crippen LogP) is 1.25. The number of carbonyl (C=O) groups is 1. The van der Waals surface area contributed by atoms with E-state index in [1.54, 1.807) is 24.3 Å². The molecule has 1 rings (SSSR count). The first-order valence-electron chi connectivity index (χ1n) is 16.1. The van der Waals surface area contributed by atoms with Crippen molar-refractivity contribution in [3.05, 3.63) is 35.9 Å². The normalized spacial score (nSPS) is 11.3. The molecule has 268 valence electrons. The molecule has 1 aromatic rings. The van der Waals surface area contributed by atoms with Crippen LogP contribution in [0.3, 0.4) is 0 Å². The molecule has 0 saturated carbocycles. The molecule has 0 spiro atoms. The minimum absolute atomic E-state index is 0.202. The first kappa shape index (κ1) is 42.2. The van der Waals surface area contributed by atoms with Crippen molar-refractivity contribution in [1.82, 2.24) is 5.32 Å². The number of ether oxygens (including phenoxy) is 12. The van der Waals surface area contributed by atoms with Crippen LogP contribution in [0.25, 0.3) is 0 Å². The lowest BCUT2D eigenvalue weighted by molar-refractivity contribution is -0.0280. The molecule has 0 radical (unpaired) electrons. The van der Waals surface area contributed by atoms with Crippen molar-refractivity contribution in [2.75, 3.05) is 166 Å². The van der Waals surface area contributed by atoms with E-state index in [1.807, 2.05) is 13.1 Å². The van der Waals surface area contributed by atoms with Gasteiger partial charge in [-0.1, -0.05) is 18.2 Å². The van der Waals surface area contributed by atoms with E-state index in [-0.39, 0.29) is 12.6 Å². The van der Waals surface area contributed by atoms with Gasteiger partial charge in [-0.05, 0) is 19.2 Å². The van der Waals surface area contributed by atoms with Gasteiger partial charge in [0.25, 0.3) is 0 Å². The van der Waals surface area contributed by atoms with Crippen LogP contribution in [0, 0.1) is 0 Å². The van der Waals surface area contributed by atoms with Crippen LogP contribution < -0.4 is 5.32 Å². The Morgan fingerprint density at radius 3 is 0.957 bits per heavy atom. The summed E-state index contributed by atoms with van der Waals surface area (Å²) >= 11 is 0. The van der Waals surface area contributed by atoms with Crippen molar-refractivity contribution in [3.63, 3.8) is 0 Å². The molecule has 0 fully saturated rings. The SMILES string of the molecule is CNCCOCCOCCOCCOCCOCCOCCOCCOCCOCCOCCOCCOC(=O)c1ccccc1. The second-order valence-corrected chi connectivity index (χ2v) is 9.34. The number of nitrogens with one attached hydrogen (secondary N) is 1. The highest BCUT2D eigenvalue weighted by Crippen LogP contribution is 2.00. The van der Waals surface area contributed by atoms with Gasteiger partial charge in [0, 0.05) is 6.54 Å². The van der Waals surface area contributed by atoms with Gasteiger partial charge in [-0.3, -0.25) is 0 Å². The van der Waals surface area contributed by atoms with Gasteiger partial charge < -0.3 is 62.2 Å². The van der Waals surface area contributed by atoms with Crippen LogP contribution in [0.15, 0.2) is 30.3 Å². The van der Waals surface area contributed by atoms with Gasteiger partial charge in [-0.2, -0.15) is 0 Å². The molecule has 0 aliphatic carbocycles. The van der Waals surface area contributed by atoms with Crippen LogP contribution in [0.1, 0.15) is 10.4 Å². The van der Waals surface area contributed by atoms with E-state index in [4.69, 9.17) is 56.8 Å². The standard InChI is InChI=1S/C32H57NO13/c1-33-7-8-35-9-10-36-11-12-37-13-14-38-15-16-39-17-18-40-19-20-41-21-22-42-23-24-43-25-26-44-27-28-45-29-30-46-32(34)31-5-3-2-4-6-31/h2-6,33H,7-30H2,1H3. The summed E-state index contributed by atoms with van der Waals surface area (Å²) in [7, 11) is 1.89. The Kier molecular flexibility index (Phi) is 33.1. The van der Waals surface area contributed by atoms with Gasteiger partial charge in [0.2, 0.25) is 0 Å². The van der Waals surface area contributed by atoms with Crippen molar-refractivity contribution in [1.29, 1.82) is 0 Å². The maximum absolute atomic E-state index is 11.8. The lowest BCUT2D eigenvalue weighted by atomic mass is 10.2. The minimum atomic E-state index is -0.356. The molecule has 0 aromatic heterocycles. The predicted molar refractivity (Wildman–Crippen MR) is 170 cm³/mol. The number of esters is 1. The molecule has 1 N–H and O–H groups in total. The van der Waals surface area contributed by atoms with Crippen molar-refractivity contribution < 1.29 is 61.6 Å². The third-order valence-corrected chi connectivity index (χ3v) is 5.69. The zero-order chi connectivity index (χ0) is 32.9. The van der Waals surface area contributed by atoms with Crippen molar-refractivity contribution in [2.45, 2.75) is 0 Å². The molecule has 0 saturated heterocycles. The van der Waals surface area contributed by atoms with E-state index in [0.29, 0.717) is 151 Å². The van der Waals surface area contributed by atoms with E-state index < -0.39 is 0 Å². The number of carbonyl (C=O) groups excluding carboxylic acids is 1. The second-order valence-electron chi connectivity index (χ2n) is 9.34. The summed E-state index contributed by atoms with van der Waals surface area (Å²) in [5, 5.41) is 3.02. The molecule has 0 heterocycles. The molecule has 0 unspecified atom stereocenters. The average molecular weight is 664 g/mol. The molecule has 14 heteroatoms. The summed E-state index contributed by atoms with van der Waals surface area (Å²) in [6, 6.07) is 8.85. The number of hydrogen-bond acceptors (Lipinski definition) is 14. The minimum Gasteiger partial charge on any atom is -0.460 e. The largest absolute Gasteiger partial charge is 0.460 e. The third-order valence-electron chi connectivity index (χ3n) is 5.69. The van der Waals surface area contributed by atoms with E-state index in [1.165, 1.54) is 0 Å². The fourth-order valence-electron chi connectivity index (χ4n) is 3.33. The van der Waals surface area contributed by atoms with Crippen LogP contribution in [0.2, 0.25) is 0 Å². The van der Waals surface area contributed by atoms with Crippen molar-refractivity contribution in [3.8, 4) is 0 Å². The maximum Gasteiger partial charge on any atom is 0.338 e. The molecular weight excluding hydrogens is 606 g/mol. The summed E-state index contributed by atoms with van der Waals surface area (Å²) < 4.78 is 65.0. The molecule has 0 aliphatic rings. The van der Waals surface area contributed by atoms with Crippen molar-refractivity contribution in [2.24, 2.45) is 0 Å². The van der Waals surface area contributed by atoms with Gasteiger partial charge >= 0.3 is 5.97 Å². The fourth-order valence-corrected chi connectivity index (χ4v) is 3.33. The molecule has 1 aromatic carbocycles. The molecule has 0 bridgehead atoms. The molecule has 46 heavy (non-hydrogen) atoms. The van der Waals surface area contributed by atoms with E-state index in [0.717, 1.165) is 6.54 Å². The zero-order valence-corrected chi connectivity index (χ0v) is 27.7. The summed E-state index contributed by atoms with van der Waals surface area (Å²) in [6.07, 6.45) is 0. The quantitative estimate of drug-likeness (QED) is 0.0807. The Hall–Kier alpha value is -1.79. The summed E-state index contributed by atoms with van der Waals surface area (Å²) in [5.41, 5.74) is 0.525. The van der Waals surface area contributed by atoms with Crippen molar-refractivity contribution >= 4 is 5.97 Å². The van der Waals surface area contributed by atoms with Gasteiger partial charge in [-0.15, -0.1) is 0 Å². The van der Waals surface area contributed by atoms with E-state index in [2.05, 4.69) is 5.32 Å². The number of rotatable bonds is 37. The Labute approximate surface area is 274 Å². The summed E-state index contributed by atoms with van der Waals surface area (Å²) in [5.74, 6) is -0.356. The fraction of sp³-hybridized carbons (Fsp3) is 0.781. The van der Waals surface area contributed by atoms with Gasteiger partial charge in [0.05, 0.1) is 151 Å². The van der Waals surface area contributed by atoms with Crippen LogP contribution in [0.5, 0.6) is 0 Å². The Bertz CT molecular complexity index is 748. The molecular formula is C32H57NO13. The van der Waals surface area contributed by atoms with Crippen LogP contribution >= 0.6 is 0 Å². The first-order chi connectivity index (χ1) is 22.8. The summed E-state index contributed by atoms with van der Waals surface area (Å²) in [4.78, 5) is 11.8. The van der Waals surface area contributed by atoms with Gasteiger partial charge in [0.1, 0.15) is 6.61 Å². The smallest absolute Gasteiger partial charge is 0.338 e. The monoisotopic (exact) mass is 663 g/mol. The number of hydrogen-bond donors (Lipinski definition) is 1. The lowest BCUT2D eigenvalue weighted by Gasteiger charge is -2.09. The highest BCUT2D eigenvalue weighted by molar-refractivity contribution is 5.89. The lowest BCUT2D eigenvalue weighted by Crippen LogP contribution is -2.17. The highest BCUT2D eigenvalue weighted by Gasteiger charge is 2.05. The van der Waals surface area contributed by atoms with Gasteiger partial charge in [-0.25, -0.2) is 4.79 Å². The van der Waals surface area contributed by atoms with Crippen LogP contribution in [-0.4, -0.2) is 172 Å². The molecule has 0 atom stereocenters. The maximum atomic E-state index is 11.8. The van der Waals surface area contributed by atoms with E-state index in [9.17, 15) is 4.79 Å². The zero-order valence-electron chi connectivity index (χ0n) is 27.7. The first-order valence-corrected chi connectivity index (χ1v) is 16.1. The van der Waals surface area contributed by atoms with Crippen LogP contribution in [0.4, 0.5) is 0 Å². The number of likely N-dealkylation sites (N-methyl/N-ethyl adjacent to an activating group) is 1. The summed E-state index contributed by atoms with van der Waals surface area (Å²) in [6.45, 7) is 12.1. The Morgan fingerprint density at radius 1 is 0.413 bits per heavy atom. The molecule has 0 aliphatic heterocycles. The third kappa shape index (κ3) is 30.8. The second kappa shape index (κ2) is 36.1. The Morgan fingerprint density at radius 2 is 0.674 bits per heavy atom. The Balaban J connectivity index is 1.63. The van der Waals surface area contributed by atoms with E-state index >= 15 is 0 Å². The van der Waals surface area contributed by atoms with Crippen LogP contribution in [-0.2, 0) is 56.8 Å². The molecule has 0 amide bonds. The highest BCUT2D eigenvalue weighted by atomic mass is 16.6. The molecule has 14 nitrogen and oxygen atoms in total. The van der Waals surface area contributed by atoms with Gasteiger partial charge in [0.15, 0.2) is 0 Å². The topological polar surface area (TPSA) is 140 Å². The average Bonchev–Trinajstić information content (AvgIpc) is 3.08.